The van der Waals surface area contributed by atoms with E-state index in [0.29, 0.717) is 30.2 Å². The van der Waals surface area contributed by atoms with Gasteiger partial charge in [0.15, 0.2) is 16.9 Å². The van der Waals surface area contributed by atoms with Crippen molar-refractivity contribution in [2.75, 3.05) is 20.3 Å². The van der Waals surface area contributed by atoms with Gasteiger partial charge in [-0.15, -0.1) is 0 Å². The zero-order chi connectivity index (χ0) is 23.1. The summed E-state index contributed by atoms with van der Waals surface area (Å²) < 4.78 is 13.4. The van der Waals surface area contributed by atoms with Crippen LogP contribution in [-0.4, -0.2) is 41.1 Å². The predicted molar refractivity (Wildman–Crippen MR) is 118 cm³/mol. The van der Waals surface area contributed by atoms with Crippen molar-refractivity contribution in [1.82, 2.24) is 4.57 Å². The van der Waals surface area contributed by atoms with Gasteiger partial charge in [-0.25, -0.2) is 4.79 Å². The van der Waals surface area contributed by atoms with Crippen LogP contribution in [0.2, 0.25) is 0 Å². The van der Waals surface area contributed by atoms with Crippen LogP contribution in [0.15, 0.2) is 29.2 Å². The maximum absolute atomic E-state index is 12.5. The molecule has 0 saturated heterocycles. The number of rotatable bonds is 6. The van der Waals surface area contributed by atoms with Crippen molar-refractivity contribution in [3.8, 4) is 22.8 Å². The quantitative estimate of drug-likeness (QED) is 0.726. The molecule has 2 aromatic rings. The molecule has 0 radical (unpaired) electrons. The van der Waals surface area contributed by atoms with Crippen molar-refractivity contribution >= 4 is 5.97 Å². The lowest BCUT2D eigenvalue weighted by molar-refractivity contribution is 0.0693. The standard InChI is InChI=1S/C24H31NO6/c1-23(2,3)21-8-14-7-20(31-13-24(4,5)12-26)19(30-6)9-15(14)17-10-18(27)16(22(28)29)11-25(17)21/h7,9-11,21,26H,8,12-13H2,1-6H3,(H,28,29)/t21-/m0/s1. The number of aromatic nitrogens is 1. The molecule has 7 heteroatoms. The van der Waals surface area contributed by atoms with Gasteiger partial charge in [0.1, 0.15) is 5.56 Å². The zero-order valence-electron chi connectivity index (χ0n) is 19.0. The van der Waals surface area contributed by atoms with E-state index in [4.69, 9.17) is 9.47 Å². The molecule has 2 heterocycles. The van der Waals surface area contributed by atoms with Gasteiger partial charge in [0.25, 0.3) is 0 Å². The molecule has 31 heavy (non-hydrogen) atoms. The summed E-state index contributed by atoms with van der Waals surface area (Å²) in [6.07, 6.45) is 2.11. The second-order valence-corrected chi connectivity index (χ2v) is 10.0. The Morgan fingerprint density at radius 1 is 1.16 bits per heavy atom. The fraction of sp³-hybridized carbons (Fsp3) is 0.500. The molecule has 0 bridgehead atoms. The summed E-state index contributed by atoms with van der Waals surface area (Å²) >= 11 is 0. The first-order chi connectivity index (χ1) is 14.4. The van der Waals surface area contributed by atoms with Crippen LogP contribution in [0.4, 0.5) is 0 Å². The number of ether oxygens (including phenoxy) is 2. The highest BCUT2D eigenvalue weighted by Gasteiger charge is 2.34. The van der Waals surface area contributed by atoms with Gasteiger partial charge in [-0.1, -0.05) is 34.6 Å². The first-order valence-electron chi connectivity index (χ1n) is 10.3. The minimum atomic E-state index is -1.23. The summed E-state index contributed by atoms with van der Waals surface area (Å²) in [4.78, 5) is 24.1. The minimum absolute atomic E-state index is 0.00540. The van der Waals surface area contributed by atoms with Crippen LogP contribution >= 0.6 is 0 Å². The normalized spacial score (nSPS) is 15.8. The summed E-state index contributed by atoms with van der Waals surface area (Å²) in [6.45, 7) is 10.4. The van der Waals surface area contributed by atoms with E-state index in [9.17, 15) is 19.8 Å². The average molecular weight is 430 g/mol. The van der Waals surface area contributed by atoms with Crippen molar-refractivity contribution in [2.45, 2.75) is 47.1 Å². The molecular formula is C24H31NO6. The Labute approximate surface area is 182 Å². The number of pyridine rings is 1. The fourth-order valence-electron chi connectivity index (χ4n) is 3.81. The topological polar surface area (TPSA) is 98.0 Å². The number of carbonyl (C=O) groups is 1. The van der Waals surface area contributed by atoms with Gasteiger partial charge in [0.05, 0.1) is 26.0 Å². The van der Waals surface area contributed by atoms with Crippen molar-refractivity contribution in [3.05, 3.63) is 45.7 Å². The van der Waals surface area contributed by atoms with Gasteiger partial charge in [0.2, 0.25) is 0 Å². The Kier molecular flexibility index (Phi) is 5.93. The van der Waals surface area contributed by atoms with Crippen molar-refractivity contribution in [3.63, 3.8) is 0 Å². The molecule has 7 nitrogen and oxygen atoms in total. The summed E-state index contributed by atoms with van der Waals surface area (Å²) in [5.74, 6) is -0.136. The Bertz CT molecular complexity index is 1060. The van der Waals surface area contributed by atoms with Gasteiger partial charge in [-0.2, -0.15) is 0 Å². The molecule has 168 valence electrons. The summed E-state index contributed by atoms with van der Waals surface area (Å²) in [5.41, 5.74) is 1.14. The Morgan fingerprint density at radius 3 is 2.39 bits per heavy atom. The van der Waals surface area contributed by atoms with Crippen LogP contribution in [-0.2, 0) is 6.42 Å². The van der Waals surface area contributed by atoms with Crippen LogP contribution in [0.25, 0.3) is 11.3 Å². The summed E-state index contributed by atoms with van der Waals surface area (Å²) in [5, 5.41) is 19.0. The van der Waals surface area contributed by atoms with Crippen LogP contribution in [0.1, 0.15) is 56.6 Å². The molecule has 1 aliphatic heterocycles. The van der Waals surface area contributed by atoms with E-state index in [2.05, 4.69) is 20.8 Å². The van der Waals surface area contributed by atoms with E-state index >= 15 is 0 Å². The number of hydrogen-bond acceptors (Lipinski definition) is 5. The minimum Gasteiger partial charge on any atom is -0.493 e. The van der Waals surface area contributed by atoms with E-state index in [1.807, 2.05) is 30.5 Å². The van der Waals surface area contributed by atoms with Crippen LogP contribution in [0.5, 0.6) is 11.5 Å². The number of methoxy groups -OCH3 is 1. The number of hydrogen-bond donors (Lipinski definition) is 2. The highest BCUT2D eigenvalue weighted by atomic mass is 16.5. The smallest absolute Gasteiger partial charge is 0.341 e. The fourth-order valence-corrected chi connectivity index (χ4v) is 3.81. The number of carboxylic acid groups (broad SMARTS) is 1. The van der Waals surface area contributed by atoms with Crippen LogP contribution in [0, 0.1) is 10.8 Å². The lowest BCUT2D eigenvalue weighted by Crippen LogP contribution is -2.33. The highest BCUT2D eigenvalue weighted by Crippen LogP contribution is 2.45. The number of aliphatic hydroxyl groups is 1. The molecule has 0 fully saturated rings. The third-order valence-electron chi connectivity index (χ3n) is 5.77. The first-order valence-corrected chi connectivity index (χ1v) is 10.3. The van der Waals surface area contributed by atoms with Gasteiger partial charge in [-0.3, -0.25) is 4.79 Å². The van der Waals surface area contributed by atoms with Crippen molar-refractivity contribution < 1.29 is 24.5 Å². The third-order valence-corrected chi connectivity index (χ3v) is 5.77. The van der Waals surface area contributed by atoms with E-state index in [-0.39, 0.29) is 23.6 Å². The first kappa shape index (κ1) is 22.9. The monoisotopic (exact) mass is 429 g/mol. The Morgan fingerprint density at radius 2 is 1.84 bits per heavy atom. The third kappa shape index (κ3) is 4.46. The van der Waals surface area contributed by atoms with Crippen molar-refractivity contribution in [2.24, 2.45) is 10.8 Å². The molecule has 3 rings (SSSR count). The second-order valence-electron chi connectivity index (χ2n) is 10.0. The molecule has 2 N–H and O–H groups in total. The molecule has 1 aromatic heterocycles. The number of fused-ring (bicyclic) bond motifs is 3. The second kappa shape index (κ2) is 8.04. The van der Waals surface area contributed by atoms with Gasteiger partial charge < -0.3 is 24.3 Å². The van der Waals surface area contributed by atoms with Crippen LogP contribution in [0.3, 0.4) is 0 Å². The van der Waals surface area contributed by atoms with Crippen LogP contribution < -0.4 is 14.9 Å². The maximum atomic E-state index is 12.5. The number of carboxylic acids is 1. The summed E-state index contributed by atoms with van der Waals surface area (Å²) in [6, 6.07) is 5.11. The lowest BCUT2D eigenvalue weighted by Gasteiger charge is -2.39. The van der Waals surface area contributed by atoms with E-state index < -0.39 is 16.8 Å². The van der Waals surface area contributed by atoms with Crippen molar-refractivity contribution in [1.29, 1.82) is 0 Å². The van der Waals surface area contributed by atoms with E-state index in [0.717, 1.165) is 11.1 Å². The number of aliphatic hydroxyl groups excluding tert-OH is 1. The van der Waals surface area contributed by atoms with Gasteiger partial charge in [0, 0.05) is 29.3 Å². The molecule has 0 amide bonds. The highest BCUT2D eigenvalue weighted by molar-refractivity contribution is 5.88. The van der Waals surface area contributed by atoms with Gasteiger partial charge in [-0.05, 0) is 29.5 Å². The molecular weight excluding hydrogens is 398 g/mol. The summed E-state index contributed by atoms with van der Waals surface area (Å²) in [7, 11) is 1.55. The number of benzene rings is 1. The maximum Gasteiger partial charge on any atom is 0.341 e. The molecule has 0 spiro atoms. The molecule has 1 aliphatic rings. The largest absolute Gasteiger partial charge is 0.493 e. The number of nitrogens with zero attached hydrogens (tertiary/aromatic N) is 1. The molecule has 1 aromatic carbocycles. The number of aromatic carboxylic acids is 1. The predicted octanol–water partition coefficient (Wildman–Crippen LogP) is 3.76. The lowest BCUT2D eigenvalue weighted by atomic mass is 9.78. The van der Waals surface area contributed by atoms with E-state index in [1.165, 1.54) is 12.3 Å². The van der Waals surface area contributed by atoms with Gasteiger partial charge >= 0.3 is 5.97 Å². The molecule has 0 aliphatic carbocycles. The van der Waals surface area contributed by atoms with E-state index in [1.54, 1.807) is 7.11 Å². The Hall–Kier alpha value is -2.80. The Balaban J connectivity index is 2.18. The zero-order valence-corrected chi connectivity index (χ0v) is 19.0. The molecule has 0 unspecified atom stereocenters. The molecule has 0 saturated carbocycles. The SMILES string of the molecule is COc1cc2c(cc1OCC(C)(C)CO)C[C@@H](C(C)(C)C)n1cc(C(=O)O)c(=O)cc1-2. The molecule has 1 atom stereocenters. The average Bonchev–Trinajstić information content (AvgIpc) is 2.69.